The molecule has 2 rings (SSSR count). The number of carbonyl (C=O) groups is 1. The summed E-state index contributed by atoms with van der Waals surface area (Å²) >= 11 is 3.34. The predicted octanol–water partition coefficient (Wildman–Crippen LogP) is 5.20. The highest BCUT2D eigenvalue weighted by Crippen LogP contribution is 2.29. The fourth-order valence-corrected chi connectivity index (χ4v) is 2.29. The van der Waals surface area contributed by atoms with Gasteiger partial charge in [-0.3, -0.25) is 4.79 Å². The molecule has 0 heterocycles. The number of rotatable bonds is 3. The quantitative estimate of drug-likeness (QED) is 0.690. The molecule has 5 heteroatoms. The first-order chi connectivity index (χ1) is 9.77. The lowest BCUT2D eigenvalue weighted by Gasteiger charge is -2.09. The van der Waals surface area contributed by atoms with Crippen LogP contribution in [0.5, 0.6) is 0 Å². The van der Waals surface area contributed by atoms with Crippen LogP contribution in [0.3, 0.4) is 0 Å². The number of benzene rings is 2. The third kappa shape index (κ3) is 3.94. The molecule has 1 nitrogen and oxygen atoms in total. The van der Waals surface area contributed by atoms with E-state index >= 15 is 0 Å². The molecule has 0 fully saturated rings. The van der Waals surface area contributed by atoms with Crippen LogP contribution in [0.25, 0.3) is 0 Å². The van der Waals surface area contributed by atoms with Crippen molar-refractivity contribution in [1.29, 1.82) is 0 Å². The Labute approximate surface area is 128 Å². The molecule has 2 aromatic rings. The molecule has 21 heavy (non-hydrogen) atoms. The first-order valence-electron chi connectivity index (χ1n) is 6.23. The summed E-state index contributed by atoms with van der Waals surface area (Å²) in [5.41, 5.74) is 1.08. The highest BCUT2D eigenvalue weighted by atomic mass is 79.9. The fourth-order valence-electron chi connectivity index (χ4n) is 1.91. The maximum atomic E-state index is 12.6. The smallest absolute Gasteiger partial charge is 0.294 e. The van der Waals surface area contributed by atoms with E-state index in [1.54, 1.807) is 18.2 Å². The van der Waals surface area contributed by atoms with E-state index in [0.29, 0.717) is 11.1 Å². The minimum absolute atomic E-state index is 0.0561. The van der Waals surface area contributed by atoms with E-state index in [0.717, 1.165) is 22.2 Å². The molecule has 0 N–H and O–H groups in total. The van der Waals surface area contributed by atoms with Crippen molar-refractivity contribution < 1.29 is 18.0 Å². The Balaban J connectivity index is 2.21. The van der Waals surface area contributed by atoms with Crippen molar-refractivity contribution in [3.8, 4) is 0 Å². The van der Waals surface area contributed by atoms with Crippen LogP contribution in [-0.4, -0.2) is 5.78 Å². The summed E-state index contributed by atoms with van der Waals surface area (Å²) < 4.78 is 38.7. The maximum Gasteiger partial charge on any atom is 0.416 e. The van der Waals surface area contributed by atoms with Crippen LogP contribution in [-0.2, 0) is 12.6 Å². The molecular weight excluding hydrogens is 345 g/mol. The van der Waals surface area contributed by atoms with Gasteiger partial charge in [-0.2, -0.15) is 13.2 Å². The zero-order chi connectivity index (χ0) is 15.6. The molecular formula is C16H12BrF3O. The molecule has 0 atom stereocenters. The third-order valence-corrected chi connectivity index (χ3v) is 3.97. The van der Waals surface area contributed by atoms with E-state index in [2.05, 4.69) is 15.9 Å². The SMILES string of the molecule is Cc1ccc(C(=O)Cc2cccc(C(F)(F)F)c2)cc1Br. The number of Topliss-reactive ketones (excluding diaryl/α,β-unsaturated/α-hetero) is 1. The molecule has 0 unspecified atom stereocenters. The monoisotopic (exact) mass is 356 g/mol. The Kier molecular flexibility index (Phi) is 4.52. The largest absolute Gasteiger partial charge is 0.416 e. The molecule has 0 aliphatic rings. The summed E-state index contributed by atoms with van der Waals surface area (Å²) in [4.78, 5) is 12.1. The topological polar surface area (TPSA) is 17.1 Å². The zero-order valence-electron chi connectivity index (χ0n) is 11.2. The van der Waals surface area contributed by atoms with E-state index in [-0.39, 0.29) is 12.2 Å². The standard InChI is InChI=1S/C16H12BrF3O/c1-10-5-6-12(9-14(10)17)15(21)8-11-3-2-4-13(7-11)16(18,19)20/h2-7,9H,8H2,1H3. The fraction of sp³-hybridized carbons (Fsp3) is 0.188. The van der Waals surface area contributed by atoms with E-state index in [1.807, 2.05) is 6.92 Å². The van der Waals surface area contributed by atoms with Gasteiger partial charge >= 0.3 is 6.18 Å². The van der Waals surface area contributed by atoms with Crippen LogP contribution in [0.15, 0.2) is 46.9 Å². The molecule has 2 aromatic carbocycles. The molecule has 0 radical (unpaired) electrons. The normalized spacial score (nSPS) is 11.5. The Bertz CT molecular complexity index is 677. The molecule has 0 bridgehead atoms. The van der Waals surface area contributed by atoms with Crippen LogP contribution in [0.1, 0.15) is 27.0 Å². The summed E-state index contributed by atoms with van der Waals surface area (Å²) in [6.45, 7) is 1.89. The Morgan fingerprint density at radius 2 is 1.86 bits per heavy atom. The second-order valence-electron chi connectivity index (χ2n) is 4.76. The van der Waals surface area contributed by atoms with Gasteiger partial charge in [0.25, 0.3) is 0 Å². The van der Waals surface area contributed by atoms with Crippen molar-refractivity contribution in [1.82, 2.24) is 0 Å². The van der Waals surface area contributed by atoms with Crippen molar-refractivity contribution in [3.63, 3.8) is 0 Å². The first kappa shape index (κ1) is 15.8. The van der Waals surface area contributed by atoms with Crippen molar-refractivity contribution in [2.45, 2.75) is 19.5 Å². The van der Waals surface area contributed by atoms with Gasteiger partial charge in [-0.1, -0.05) is 46.3 Å². The Morgan fingerprint density at radius 1 is 1.14 bits per heavy atom. The van der Waals surface area contributed by atoms with E-state index in [9.17, 15) is 18.0 Å². The number of aryl methyl sites for hydroxylation is 1. The Morgan fingerprint density at radius 3 is 2.48 bits per heavy atom. The van der Waals surface area contributed by atoms with E-state index in [1.165, 1.54) is 12.1 Å². The van der Waals surface area contributed by atoms with Gasteiger partial charge in [-0.15, -0.1) is 0 Å². The summed E-state index contributed by atoms with van der Waals surface area (Å²) in [6, 6.07) is 10.0. The highest BCUT2D eigenvalue weighted by molar-refractivity contribution is 9.10. The summed E-state index contributed by atoms with van der Waals surface area (Å²) in [5, 5.41) is 0. The predicted molar refractivity (Wildman–Crippen MR) is 78.4 cm³/mol. The van der Waals surface area contributed by atoms with E-state index < -0.39 is 11.7 Å². The van der Waals surface area contributed by atoms with Gasteiger partial charge in [-0.25, -0.2) is 0 Å². The Hall–Kier alpha value is -1.62. The molecule has 0 amide bonds. The minimum Gasteiger partial charge on any atom is -0.294 e. The van der Waals surface area contributed by atoms with Crippen LogP contribution < -0.4 is 0 Å². The number of ketones is 1. The van der Waals surface area contributed by atoms with Gasteiger partial charge in [0.2, 0.25) is 0 Å². The first-order valence-corrected chi connectivity index (χ1v) is 7.02. The van der Waals surface area contributed by atoms with Gasteiger partial charge in [0.1, 0.15) is 0 Å². The maximum absolute atomic E-state index is 12.6. The summed E-state index contributed by atoms with van der Waals surface area (Å²) in [6.07, 6.45) is -4.45. The van der Waals surface area contributed by atoms with Crippen LogP contribution >= 0.6 is 15.9 Å². The second-order valence-corrected chi connectivity index (χ2v) is 5.62. The zero-order valence-corrected chi connectivity index (χ0v) is 12.8. The highest BCUT2D eigenvalue weighted by Gasteiger charge is 2.30. The molecule has 0 saturated carbocycles. The van der Waals surface area contributed by atoms with Crippen molar-refractivity contribution in [3.05, 3.63) is 69.2 Å². The molecule has 110 valence electrons. The molecule has 0 aromatic heterocycles. The molecule has 0 aliphatic heterocycles. The average molecular weight is 357 g/mol. The molecule has 0 aliphatic carbocycles. The van der Waals surface area contributed by atoms with Crippen LogP contribution in [0.4, 0.5) is 13.2 Å². The van der Waals surface area contributed by atoms with Gasteiger partial charge in [0, 0.05) is 16.5 Å². The minimum atomic E-state index is -4.40. The van der Waals surface area contributed by atoms with Gasteiger partial charge in [0.05, 0.1) is 5.56 Å². The average Bonchev–Trinajstić information content (AvgIpc) is 2.41. The number of halogens is 4. The van der Waals surface area contributed by atoms with Gasteiger partial charge < -0.3 is 0 Å². The van der Waals surface area contributed by atoms with Crippen molar-refractivity contribution >= 4 is 21.7 Å². The molecule has 0 spiro atoms. The van der Waals surface area contributed by atoms with Gasteiger partial charge in [-0.05, 0) is 30.2 Å². The number of carbonyl (C=O) groups excluding carboxylic acids is 1. The number of alkyl halides is 3. The number of hydrogen-bond donors (Lipinski definition) is 0. The van der Waals surface area contributed by atoms with Crippen LogP contribution in [0, 0.1) is 6.92 Å². The summed E-state index contributed by atoms with van der Waals surface area (Å²) in [7, 11) is 0. The van der Waals surface area contributed by atoms with Crippen LogP contribution in [0.2, 0.25) is 0 Å². The van der Waals surface area contributed by atoms with Crippen molar-refractivity contribution in [2.75, 3.05) is 0 Å². The van der Waals surface area contributed by atoms with E-state index in [4.69, 9.17) is 0 Å². The van der Waals surface area contributed by atoms with Crippen molar-refractivity contribution in [2.24, 2.45) is 0 Å². The summed E-state index contributed by atoms with van der Waals surface area (Å²) in [5.74, 6) is -0.213. The second kappa shape index (κ2) is 6.02. The lowest BCUT2D eigenvalue weighted by Crippen LogP contribution is -2.08. The lowest BCUT2D eigenvalue weighted by atomic mass is 10.0. The molecule has 0 saturated heterocycles. The van der Waals surface area contributed by atoms with Gasteiger partial charge in [0.15, 0.2) is 5.78 Å². The third-order valence-electron chi connectivity index (χ3n) is 3.11. The lowest BCUT2D eigenvalue weighted by molar-refractivity contribution is -0.137. The number of hydrogen-bond acceptors (Lipinski definition) is 1.